The van der Waals surface area contributed by atoms with Crippen LogP contribution in [0.3, 0.4) is 0 Å². The molecule has 1 aliphatic heterocycles. The number of rotatable bonds is 5. The highest BCUT2D eigenvalue weighted by Crippen LogP contribution is 2.44. The van der Waals surface area contributed by atoms with Crippen molar-refractivity contribution in [3.05, 3.63) is 94.5 Å². The first-order valence-electron chi connectivity index (χ1n) is 11.5. The van der Waals surface area contributed by atoms with Gasteiger partial charge in [-0.3, -0.25) is 4.79 Å². The molecule has 7 nitrogen and oxygen atoms in total. The maximum absolute atomic E-state index is 13.2. The standard InChI is InChI=1S/C28H26N2O5/c1-28(2,26(33)30-14-18-12-11-17(25(31)32)13-19(18)15-30)29-27(34)35-16-24-22-9-5-3-7-20(22)21-8-4-6-10-23(21)24/h3-13,24H,14-16H2,1-2H3,(H,29,34)(H,31,32). The quantitative estimate of drug-likeness (QED) is 0.571. The van der Waals surface area contributed by atoms with E-state index in [1.165, 1.54) is 6.07 Å². The Morgan fingerprint density at radius 2 is 1.54 bits per heavy atom. The first-order valence-corrected chi connectivity index (χ1v) is 11.5. The molecule has 5 rings (SSSR count). The molecule has 35 heavy (non-hydrogen) atoms. The van der Waals surface area contributed by atoms with Crippen molar-refractivity contribution in [3.63, 3.8) is 0 Å². The van der Waals surface area contributed by atoms with Crippen molar-refractivity contribution in [2.45, 2.75) is 38.4 Å². The number of carbonyl (C=O) groups is 3. The second-order valence-electron chi connectivity index (χ2n) is 9.53. The van der Waals surface area contributed by atoms with Crippen molar-refractivity contribution in [3.8, 4) is 11.1 Å². The number of amides is 2. The Hall–Kier alpha value is -4.13. The first kappa shape index (κ1) is 22.7. The molecule has 3 aromatic rings. The third-order valence-electron chi connectivity index (χ3n) is 6.76. The number of ether oxygens (including phenoxy) is 1. The number of hydrogen-bond acceptors (Lipinski definition) is 4. The zero-order valence-corrected chi connectivity index (χ0v) is 19.6. The number of fused-ring (bicyclic) bond motifs is 4. The number of aromatic carboxylic acids is 1. The summed E-state index contributed by atoms with van der Waals surface area (Å²) in [6, 6.07) is 21.1. The van der Waals surface area contributed by atoms with Crippen LogP contribution in [0.15, 0.2) is 66.7 Å². The minimum absolute atomic E-state index is 0.0662. The highest BCUT2D eigenvalue weighted by Gasteiger charge is 2.37. The van der Waals surface area contributed by atoms with E-state index in [-0.39, 0.29) is 24.0 Å². The number of hydrogen-bond donors (Lipinski definition) is 2. The zero-order chi connectivity index (χ0) is 24.7. The monoisotopic (exact) mass is 470 g/mol. The largest absolute Gasteiger partial charge is 0.478 e. The van der Waals surface area contributed by atoms with E-state index in [1.807, 2.05) is 24.3 Å². The van der Waals surface area contributed by atoms with Crippen molar-refractivity contribution in [2.75, 3.05) is 6.61 Å². The van der Waals surface area contributed by atoms with E-state index in [1.54, 1.807) is 30.9 Å². The molecule has 3 aromatic carbocycles. The van der Waals surface area contributed by atoms with Crippen molar-refractivity contribution < 1.29 is 24.2 Å². The maximum Gasteiger partial charge on any atom is 0.408 e. The fourth-order valence-corrected chi connectivity index (χ4v) is 5.01. The first-order chi connectivity index (χ1) is 16.7. The molecule has 178 valence electrons. The van der Waals surface area contributed by atoms with Crippen LogP contribution in [0.1, 0.15) is 52.4 Å². The van der Waals surface area contributed by atoms with E-state index in [0.29, 0.717) is 13.1 Å². The van der Waals surface area contributed by atoms with Crippen molar-refractivity contribution in [1.29, 1.82) is 0 Å². The van der Waals surface area contributed by atoms with E-state index in [9.17, 15) is 19.5 Å². The van der Waals surface area contributed by atoms with Crippen LogP contribution < -0.4 is 5.32 Å². The highest BCUT2D eigenvalue weighted by molar-refractivity contribution is 5.90. The summed E-state index contributed by atoms with van der Waals surface area (Å²) in [5.74, 6) is -1.34. The summed E-state index contributed by atoms with van der Waals surface area (Å²) in [5.41, 5.74) is 5.23. The number of carboxylic acid groups (broad SMARTS) is 1. The summed E-state index contributed by atoms with van der Waals surface area (Å²) in [6.45, 7) is 4.11. The fraction of sp³-hybridized carbons (Fsp3) is 0.250. The van der Waals surface area contributed by atoms with E-state index < -0.39 is 17.6 Å². The Labute approximate surface area is 203 Å². The normalized spacial score (nSPS) is 14.2. The summed E-state index contributed by atoms with van der Waals surface area (Å²) in [5, 5.41) is 11.9. The van der Waals surface area contributed by atoms with Gasteiger partial charge in [0, 0.05) is 19.0 Å². The second-order valence-corrected chi connectivity index (χ2v) is 9.53. The molecule has 0 fully saturated rings. The van der Waals surface area contributed by atoms with Crippen LogP contribution in [-0.2, 0) is 22.6 Å². The fourth-order valence-electron chi connectivity index (χ4n) is 5.01. The van der Waals surface area contributed by atoms with Gasteiger partial charge in [-0.25, -0.2) is 9.59 Å². The van der Waals surface area contributed by atoms with E-state index in [2.05, 4.69) is 29.6 Å². The predicted octanol–water partition coefficient (Wildman–Crippen LogP) is 4.54. The van der Waals surface area contributed by atoms with Crippen LogP contribution in [0.4, 0.5) is 4.79 Å². The Bertz CT molecular complexity index is 1300. The lowest BCUT2D eigenvalue weighted by molar-refractivity contribution is -0.137. The molecule has 0 bridgehead atoms. The average molecular weight is 471 g/mol. The lowest BCUT2D eigenvalue weighted by Crippen LogP contribution is -2.55. The molecule has 7 heteroatoms. The molecule has 0 radical (unpaired) electrons. The van der Waals surface area contributed by atoms with Crippen LogP contribution in [-0.4, -0.2) is 40.1 Å². The second kappa shape index (κ2) is 8.58. The molecule has 2 amide bonds. The lowest BCUT2D eigenvalue weighted by atomic mass is 9.98. The summed E-state index contributed by atoms with van der Waals surface area (Å²) in [4.78, 5) is 38.8. The highest BCUT2D eigenvalue weighted by atomic mass is 16.5. The van der Waals surface area contributed by atoms with Gasteiger partial charge in [-0.2, -0.15) is 0 Å². The molecular weight excluding hydrogens is 444 g/mol. The molecular formula is C28H26N2O5. The summed E-state index contributed by atoms with van der Waals surface area (Å²) in [7, 11) is 0. The van der Waals surface area contributed by atoms with Crippen molar-refractivity contribution in [1.82, 2.24) is 10.2 Å². The maximum atomic E-state index is 13.2. The molecule has 0 atom stereocenters. The van der Waals surface area contributed by atoms with Crippen molar-refractivity contribution >= 4 is 18.0 Å². The van der Waals surface area contributed by atoms with Gasteiger partial charge in [-0.15, -0.1) is 0 Å². The number of nitrogens with one attached hydrogen (secondary N) is 1. The van der Waals surface area contributed by atoms with Crippen molar-refractivity contribution in [2.24, 2.45) is 0 Å². The van der Waals surface area contributed by atoms with Gasteiger partial charge in [0.05, 0.1) is 5.56 Å². The molecule has 0 spiro atoms. The van der Waals surface area contributed by atoms with Crippen LogP contribution >= 0.6 is 0 Å². The molecule has 0 unspecified atom stereocenters. The Balaban J connectivity index is 1.23. The SMILES string of the molecule is CC(C)(NC(=O)OCC1c2ccccc2-c2ccccc21)C(=O)N1Cc2ccc(C(=O)O)cc2C1. The zero-order valence-electron chi connectivity index (χ0n) is 19.6. The molecule has 0 saturated carbocycles. The molecule has 2 aliphatic rings. The molecule has 0 aromatic heterocycles. The third-order valence-corrected chi connectivity index (χ3v) is 6.76. The van der Waals surface area contributed by atoms with Gasteiger partial charge in [0.2, 0.25) is 5.91 Å². The summed E-state index contributed by atoms with van der Waals surface area (Å²) < 4.78 is 5.61. The minimum atomic E-state index is -1.19. The van der Waals surface area contributed by atoms with Crippen LogP contribution in [0.25, 0.3) is 11.1 Å². The predicted molar refractivity (Wildman–Crippen MR) is 130 cm³/mol. The number of nitrogens with zero attached hydrogens (tertiary/aromatic N) is 1. The van der Waals surface area contributed by atoms with E-state index in [0.717, 1.165) is 33.4 Å². The lowest BCUT2D eigenvalue weighted by Gasteiger charge is -2.29. The third kappa shape index (κ3) is 4.14. The van der Waals surface area contributed by atoms with Crippen LogP contribution in [0, 0.1) is 0 Å². The van der Waals surface area contributed by atoms with E-state index >= 15 is 0 Å². The van der Waals surface area contributed by atoms with Crippen LogP contribution in [0.5, 0.6) is 0 Å². The van der Waals surface area contributed by atoms with E-state index in [4.69, 9.17) is 4.74 Å². The number of carbonyl (C=O) groups excluding carboxylic acids is 2. The minimum Gasteiger partial charge on any atom is -0.478 e. The van der Waals surface area contributed by atoms with Gasteiger partial charge in [-0.05, 0) is 59.4 Å². The topological polar surface area (TPSA) is 95.9 Å². The Morgan fingerprint density at radius 3 is 2.17 bits per heavy atom. The smallest absolute Gasteiger partial charge is 0.408 e. The van der Waals surface area contributed by atoms with Gasteiger partial charge in [-0.1, -0.05) is 54.6 Å². The van der Waals surface area contributed by atoms with Gasteiger partial charge in [0.15, 0.2) is 0 Å². The molecule has 1 heterocycles. The molecule has 1 aliphatic carbocycles. The summed E-state index contributed by atoms with van der Waals surface area (Å²) in [6.07, 6.45) is -0.657. The van der Waals surface area contributed by atoms with Gasteiger partial charge < -0.3 is 20.1 Å². The van der Waals surface area contributed by atoms with Gasteiger partial charge >= 0.3 is 12.1 Å². The Kier molecular flexibility index (Phi) is 5.55. The molecule has 0 saturated heterocycles. The van der Waals surface area contributed by atoms with Gasteiger partial charge in [0.25, 0.3) is 0 Å². The van der Waals surface area contributed by atoms with Gasteiger partial charge in [0.1, 0.15) is 12.1 Å². The van der Waals surface area contributed by atoms with Crippen LogP contribution in [0.2, 0.25) is 0 Å². The summed E-state index contributed by atoms with van der Waals surface area (Å²) >= 11 is 0. The number of benzene rings is 3. The number of alkyl carbamates (subject to hydrolysis) is 1. The average Bonchev–Trinajstić information content (AvgIpc) is 3.40. The Morgan fingerprint density at radius 1 is 0.943 bits per heavy atom. The number of carboxylic acids is 1. The molecule has 2 N–H and O–H groups in total.